The molecule has 0 saturated carbocycles. The van der Waals surface area contributed by atoms with E-state index in [1.165, 1.54) is 16.2 Å². The molecule has 0 N–H and O–H groups in total. The van der Waals surface area contributed by atoms with Crippen LogP contribution < -0.4 is 4.74 Å². The first-order chi connectivity index (χ1) is 11.3. The molecule has 0 atom stereocenters. The summed E-state index contributed by atoms with van der Waals surface area (Å²) in [7, 11) is -3.43. The van der Waals surface area contributed by atoms with Crippen LogP contribution in [0.3, 0.4) is 0 Å². The van der Waals surface area contributed by atoms with E-state index in [9.17, 15) is 17.2 Å². The van der Waals surface area contributed by atoms with Crippen molar-refractivity contribution in [1.29, 1.82) is 0 Å². The lowest BCUT2D eigenvalue weighted by Gasteiger charge is -2.10. The molecule has 2 aromatic carbocycles. The maximum Gasteiger partial charge on any atom is 0.238 e. The third-order valence-electron chi connectivity index (χ3n) is 3.49. The van der Waals surface area contributed by atoms with E-state index in [-0.39, 0.29) is 11.5 Å². The van der Waals surface area contributed by atoms with Crippen LogP contribution in [0.1, 0.15) is 6.92 Å². The topological polar surface area (TPSA) is 48.3 Å². The number of benzene rings is 2. The van der Waals surface area contributed by atoms with Crippen molar-refractivity contribution in [1.82, 2.24) is 3.97 Å². The molecular formula is C16H12BrF2NO3S. The van der Waals surface area contributed by atoms with Crippen LogP contribution in [-0.2, 0) is 10.0 Å². The Hall–Kier alpha value is -1.93. The zero-order valence-corrected chi connectivity index (χ0v) is 14.9. The summed E-state index contributed by atoms with van der Waals surface area (Å²) >= 11 is 3.29. The standard InChI is InChI=1S/C16H12BrF2NO3S/c1-2-24(21,22)20-6-5-10-7-16(12(17)9-14(10)20)23-15-4-3-11(18)8-13(15)19/h3-9H,2H2,1H3. The average Bonchev–Trinajstić information content (AvgIpc) is 2.93. The van der Waals surface area contributed by atoms with Crippen LogP contribution in [0.15, 0.2) is 47.1 Å². The molecule has 1 heterocycles. The van der Waals surface area contributed by atoms with Gasteiger partial charge in [-0.05, 0) is 53.2 Å². The molecule has 0 fully saturated rings. The lowest BCUT2D eigenvalue weighted by atomic mass is 10.2. The molecule has 0 spiro atoms. The minimum absolute atomic E-state index is 0.0343. The van der Waals surface area contributed by atoms with Crippen LogP contribution in [0, 0.1) is 11.6 Å². The van der Waals surface area contributed by atoms with Crippen molar-refractivity contribution in [2.75, 3.05) is 5.75 Å². The first-order valence-electron chi connectivity index (χ1n) is 6.98. The van der Waals surface area contributed by atoms with E-state index in [0.717, 1.165) is 12.1 Å². The van der Waals surface area contributed by atoms with Gasteiger partial charge in [0, 0.05) is 17.6 Å². The van der Waals surface area contributed by atoms with Crippen molar-refractivity contribution in [3.63, 3.8) is 0 Å². The van der Waals surface area contributed by atoms with E-state index in [1.807, 2.05) is 0 Å². The minimum atomic E-state index is -3.43. The van der Waals surface area contributed by atoms with E-state index in [4.69, 9.17) is 4.74 Å². The molecular weight excluding hydrogens is 404 g/mol. The molecule has 3 aromatic rings. The molecule has 8 heteroatoms. The van der Waals surface area contributed by atoms with E-state index < -0.39 is 21.7 Å². The van der Waals surface area contributed by atoms with Gasteiger partial charge in [0.25, 0.3) is 0 Å². The predicted octanol–water partition coefficient (Wildman–Crippen LogP) is 4.67. The Morgan fingerprint density at radius 3 is 2.54 bits per heavy atom. The SMILES string of the molecule is CCS(=O)(=O)n1ccc2cc(Oc3ccc(F)cc3F)c(Br)cc21. The van der Waals surface area contributed by atoms with Crippen molar-refractivity contribution in [2.45, 2.75) is 6.92 Å². The number of halogens is 3. The monoisotopic (exact) mass is 415 g/mol. The van der Waals surface area contributed by atoms with Gasteiger partial charge < -0.3 is 4.74 Å². The van der Waals surface area contributed by atoms with Gasteiger partial charge in [-0.1, -0.05) is 0 Å². The molecule has 0 unspecified atom stereocenters. The van der Waals surface area contributed by atoms with Crippen molar-refractivity contribution in [3.05, 3.63) is 58.7 Å². The normalized spacial score (nSPS) is 11.8. The third kappa shape index (κ3) is 3.03. The van der Waals surface area contributed by atoms with Gasteiger partial charge in [0.15, 0.2) is 11.6 Å². The number of hydrogen-bond acceptors (Lipinski definition) is 3. The summed E-state index contributed by atoms with van der Waals surface area (Å²) in [5.41, 5.74) is 0.482. The van der Waals surface area contributed by atoms with E-state index in [0.29, 0.717) is 21.1 Å². The second kappa shape index (κ2) is 6.18. The van der Waals surface area contributed by atoms with Crippen LogP contribution in [-0.4, -0.2) is 18.1 Å². The van der Waals surface area contributed by atoms with E-state index in [1.54, 1.807) is 25.1 Å². The molecule has 0 amide bonds. The van der Waals surface area contributed by atoms with Crippen LogP contribution in [0.5, 0.6) is 11.5 Å². The number of rotatable bonds is 4. The second-order valence-electron chi connectivity index (χ2n) is 5.03. The van der Waals surface area contributed by atoms with Gasteiger partial charge in [0.2, 0.25) is 10.0 Å². The zero-order chi connectivity index (χ0) is 17.5. The summed E-state index contributed by atoms with van der Waals surface area (Å²) < 4.78 is 57.9. The number of nitrogens with zero attached hydrogens (tertiary/aromatic N) is 1. The van der Waals surface area contributed by atoms with Gasteiger partial charge in [-0.25, -0.2) is 21.2 Å². The molecule has 1 aromatic heterocycles. The van der Waals surface area contributed by atoms with Crippen LogP contribution in [0.25, 0.3) is 10.9 Å². The molecule has 126 valence electrons. The molecule has 24 heavy (non-hydrogen) atoms. The summed E-state index contributed by atoms with van der Waals surface area (Å²) in [6.45, 7) is 1.56. The average molecular weight is 416 g/mol. The molecule has 0 aliphatic carbocycles. The maximum atomic E-state index is 13.7. The summed E-state index contributed by atoms with van der Waals surface area (Å²) in [5, 5.41) is 0.618. The van der Waals surface area contributed by atoms with Crippen molar-refractivity contribution in [2.24, 2.45) is 0 Å². The van der Waals surface area contributed by atoms with E-state index >= 15 is 0 Å². The fraction of sp³-hybridized carbons (Fsp3) is 0.125. The number of fused-ring (bicyclic) bond motifs is 1. The van der Waals surface area contributed by atoms with Gasteiger partial charge in [-0.15, -0.1) is 0 Å². The Balaban J connectivity index is 2.06. The van der Waals surface area contributed by atoms with Crippen molar-refractivity contribution >= 4 is 36.9 Å². The van der Waals surface area contributed by atoms with E-state index in [2.05, 4.69) is 15.9 Å². The summed E-state index contributed by atoms with van der Waals surface area (Å²) in [6, 6.07) is 7.81. The highest BCUT2D eigenvalue weighted by molar-refractivity contribution is 9.10. The molecule has 0 saturated heterocycles. The summed E-state index contributed by atoms with van der Waals surface area (Å²) in [4.78, 5) is 0. The minimum Gasteiger partial charge on any atom is -0.453 e. The second-order valence-corrected chi connectivity index (χ2v) is 8.02. The first-order valence-corrected chi connectivity index (χ1v) is 9.39. The smallest absolute Gasteiger partial charge is 0.238 e. The summed E-state index contributed by atoms with van der Waals surface area (Å²) in [5.74, 6) is -1.39. The van der Waals surface area contributed by atoms with Crippen LogP contribution >= 0.6 is 15.9 Å². The van der Waals surface area contributed by atoms with Gasteiger partial charge in [0.1, 0.15) is 11.6 Å². The molecule has 0 radical (unpaired) electrons. The third-order valence-corrected chi connectivity index (χ3v) is 5.75. The summed E-state index contributed by atoms with van der Waals surface area (Å²) in [6.07, 6.45) is 1.46. The highest BCUT2D eigenvalue weighted by Crippen LogP contribution is 2.35. The Kier molecular flexibility index (Phi) is 4.35. The molecule has 0 bridgehead atoms. The molecule has 0 aliphatic heterocycles. The fourth-order valence-electron chi connectivity index (χ4n) is 2.25. The lowest BCUT2D eigenvalue weighted by Crippen LogP contribution is -2.13. The highest BCUT2D eigenvalue weighted by atomic mass is 79.9. The number of hydrogen-bond donors (Lipinski definition) is 0. The van der Waals surface area contributed by atoms with Gasteiger partial charge in [0.05, 0.1) is 15.7 Å². The Bertz CT molecular complexity index is 1030. The van der Waals surface area contributed by atoms with Gasteiger partial charge in [-0.2, -0.15) is 0 Å². The molecule has 0 aliphatic rings. The maximum absolute atomic E-state index is 13.7. The Labute approximate surface area is 145 Å². The van der Waals surface area contributed by atoms with Crippen LogP contribution in [0.4, 0.5) is 8.78 Å². The predicted molar refractivity (Wildman–Crippen MR) is 90.9 cm³/mol. The lowest BCUT2D eigenvalue weighted by molar-refractivity contribution is 0.436. The number of ether oxygens (including phenoxy) is 1. The quantitative estimate of drug-likeness (QED) is 0.621. The highest BCUT2D eigenvalue weighted by Gasteiger charge is 2.16. The van der Waals surface area contributed by atoms with Crippen LogP contribution in [0.2, 0.25) is 0 Å². The Morgan fingerprint density at radius 2 is 1.88 bits per heavy atom. The van der Waals surface area contributed by atoms with Crippen molar-refractivity contribution in [3.8, 4) is 11.5 Å². The largest absolute Gasteiger partial charge is 0.453 e. The molecule has 4 nitrogen and oxygen atoms in total. The fourth-order valence-corrected chi connectivity index (χ4v) is 3.64. The van der Waals surface area contributed by atoms with Gasteiger partial charge in [-0.3, -0.25) is 0 Å². The van der Waals surface area contributed by atoms with Gasteiger partial charge >= 0.3 is 0 Å². The zero-order valence-electron chi connectivity index (χ0n) is 12.5. The number of aromatic nitrogens is 1. The Morgan fingerprint density at radius 1 is 1.12 bits per heavy atom. The van der Waals surface area contributed by atoms with Crippen molar-refractivity contribution < 1.29 is 21.9 Å². The molecule has 3 rings (SSSR count). The first kappa shape index (κ1) is 16.9.